The van der Waals surface area contributed by atoms with E-state index in [1.54, 1.807) is 0 Å². The Hall–Kier alpha value is -1.91. The number of carbonyl (C=O) groups is 1. The number of rotatable bonds is 28. The first-order valence-corrected chi connectivity index (χ1v) is 17.9. The van der Waals surface area contributed by atoms with E-state index in [1.165, 1.54) is 44.9 Å². The maximum atomic E-state index is 12.6. The molecule has 4 heteroatoms. The van der Waals surface area contributed by atoms with E-state index >= 15 is 0 Å². The summed E-state index contributed by atoms with van der Waals surface area (Å²) in [5.41, 5.74) is 0. The number of unbranched alkanes of at least 4 members (excludes halogenated alkanes) is 11. The number of hydrogen-bond donors (Lipinski definition) is 1. The third-order valence-electron chi connectivity index (χ3n) is 8.15. The molecule has 4 nitrogen and oxygen atoms in total. The molecule has 0 saturated carbocycles. The van der Waals surface area contributed by atoms with Gasteiger partial charge in [0.2, 0.25) is 0 Å². The van der Waals surface area contributed by atoms with Crippen LogP contribution in [-0.2, 0) is 14.3 Å². The number of esters is 1. The molecule has 4 atom stereocenters. The van der Waals surface area contributed by atoms with E-state index in [9.17, 15) is 9.90 Å². The van der Waals surface area contributed by atoms with Gasteiger partial charge in [-0.2, -0.15) is 0 Å². The predicted molar refractivity (Wildman–Crippen MR) is 184 cm³/mol. The first kappa shape index (κ1) is 39.1. The van der Waals surface area contributed by atoms with Gasteiger partial charge in [-0.15, -0.1) is 6.58 Å². The lowest BCUT2D eigenvalue weighted by Crippen LogP contribution is -2.27. The molecular formula is C39H66O4. The second kappa shape index (κ2) is 28.8. The van der Waals surface area contributed by atoms with Gasteiger partial charge in [-0.3, -0.25) is 4.79 Å². The van der Waals surface area contributed by atoms with Crippen molar-refractivity contribution in [3.8, 4) is 0 Å². The highest BCUT2D eigenvalue weighted by atomic mass is 16.6. The second-order valence-corrected chi connectivity index (χ2v) is 12.2. The fraction of sp³-hybridized carbons (Fsp3) is 0.718. The number of ether oxygens (including phenoxy) is 2. The third-order valence-corrected chi connectivity index (χ3v) is 8.15. The number of aliphatic hydroxyl groups excluding tert-OH is 1. The summed E-state index contributed by atoms with van der Waals surface area (Å²) in [4.78, 5) is 12.6. The van der Waals surface area contributed by atoms with Crippen LogP contribution in [0.5, 0.6) is 0 Å². The Morgan fingerprint density at radius 2 is 1.33 bits per heavy atom. The van der Waals surface area contributed by atoms with Crippen molar-refractivity contribution in [1.29, 1.82) is 0 Å². The van der Waals surface area contributed by atoms with E-state index in [4.69, 9.17) is 9.47 Å². The second-order valence-electron chi connectivity index (χ2n) is 12.2. The molecule has 0 radical (unpaired) electrons. The molecule has 1 rings (SSSR count). The first-order valence-electron chi connectivity index (χ1n) is 17.9. The Kier molecular flexibility index (Phi) is 26.2. The number of hydrogen-bond acceptors (Lipinski definition) is 4. The van der Waals surface area contributed by atoms with Gasteiger partial charge in [-0.25, -0.2) is 0 Å². The lowest BCUT2D eigenvalue weighted by molar-refractivity contribution is -0.152. The average Bonchev–Trinajstić information content (AvgIpc) is 3.40. The molecule has 1 heterocycles. The molecule has 0 aromatic carbocycles. The van der Waals surface area contributed by atoms with Crippen molar-refractivity contribution in [2.45, 2.75) is 180 Å². The zero-order chi connectivity index (χ0) is 31.2. The van der Waals surface area contributed by atoms with Crippen LogP contribution in [0.1, 0.15) is 155 Å². The molecule has 0 bridgehead atoms. The van der Waals surface area contributed by atoms with E-state index in [0.717, 1.165) is 83.5 Å². The molecule has 0 aromatic heterocycles. The van der Waals surface area contributed by atoms with E-state index in [0.29, 0.717) is 12.8 Å². The summed E-state index contributed by atoms with van der Waals surface area (Å²) >= 11 is 0. The van der Waals surface area contributed by atoms with Crippen LogP contribution in [0.3, 0.4) is 0 Å². The Labute approximate surface area is 265 Å². The molecule has 0 amide bonds. The van der Waals surface area contributed by atoms with Crippen LogP contribution in [0.4, 0.5) is 0 Å². The van der Waals surface area contributed by atoms with E-state index in [-0.39, 0.29) is 24.3 Å². The van der Waals surface area contributed by atoms with Gasteiger partial charge >= 0.3 is 5.97 Å². The minimum absolute atomic E-state index is 0.0948. The zero-order valence-corrected chi connectivity index (χ0v) is 27.9. The summed E-state index contributed by atoms with van der Waals surface area (Å²) in [6, 6.07) is 0. The molecule has 1 aliphatic rings. The number of carbonyl (C=O) groups excluding carboxylic acids is 1. The Morgan fingerprint density at radius 3 is 1.98 bits per heavy atom. The van der Waals surface area contributed by atoms with Gasteiger partial charge in [0, 0.05) is 12.8 Å². The van der Waals surface area contributed by atoms with Gasteiger partial charge in [-0.1, -0.05) is 126 Å². The van der Waals surface area contributed by atoms with Crippen molar-refractivity contribution in [3.05, 3.63) is 61.3 Å². The minimum atomic E-state index is -0.483. The largest absolute Gasteiger partial charge is 0.459 e. The van der Waals surface area contributed by atoms with Crippen LogP contribution in [0, 0.1) is 0 Å². The van der Waals surface area contributed by atoms with Gasteiger partial charge in [0.25, 0.3) is 0 Å². The molecule has 1 fully saturated rings. The van der Waals surface area contributed by atoms with Crippen molar-refractivity contribution in [1.82, 2.24) is 0 Å². The molecule has 246 valence electrons. The van der Waals surface area contributed by atoms with Gasteiger partial charge in [0.15, 0.2) is 0 Å². The summed E-state index contributed by atoms with van der Waals surface area (Å²) in [7, 11) is 0. The standard InChI is InChI=1S/C39H66O4/c1-4-7-10-12-14-15-16-17-18-19-20-21-22-23-25-27-30-33-39(41)43-38-34-37(42-36(38)32-28-9-6-3)35(40)31-29-26-24-13-11-8-5-2/h5,14-15,17-18,20-21,23,25,35-38,40H,2,4,6-13,16,19,22,24,26-34H2,1,3H3/b15-14-,18-17-,21-20-,25-23-/t35-,36-,37+,38-/m0/s1. The van der Waals surface area contributed by atoms with E-state index in [2.05, 4.69) is 69.0 Å². The molecule has 1 aliphatic heterocycles. The molecule has 0 aromatic rings. The molecule has 0 aliphatic carbocycles. The highest BCUT2D eigenvalue weighted by molar-refractivity contribution is 5.69. The molecule has 1 N–H and O–H groups in total. The maximum Gasteiger partial charge on any atom is 0.306 e. The first-order chi connectivity index (χ1) is 21.1. The summed E-state index contributed by atoms with van der Waals surface area (Å²) in [5.74, 6) is -0.139. The maximum absolute atomic E-state index is 12.6. The van der Waals surface area contributed by atoms with Crippen molar-refractivity contribution >= 4 is 5.97 Å². The quantitative estimate of drug-likeness (QED) is 0.0553. The van der Waals surface area contributed by atoms with Gasteiger partial charge < -0.3 is 14.6 Å². The third kappa shape index (κ3) is 22.3. The van der Waals surface area contributed by atoms with Gasteiger partial charge in [0.05, 0.1) is 18.3 Å². The van der Waals surface area contributed by atoms with Crippen molar-refractivity contribution in [2.24, 2.45) is 0 Å². The van der Waals surface area contributed by atoms with Crippen molar-refractivity contribution in [2.75, 3.05) is 0 Å². The average molecular weight is 599 g/mol. The molecule has 43 heavy (non-hydrogen) atoms. The SMILES string of the molecule is C=CCCCCCCC[C@H](O)[C@H]1C[C@H](OC(=O)CCC/C=C\C/C=C\C/C=C\C/C=C\CCCCC)[C@H](CCCCC)O1. The molecule has 1 saturated heterocycles. The number of aliphatic hydroxyl groups is 1. The summed E-state index contributed by atoms with van der Waals surface area (Å²) in [6.45, 7) is 8.21. The van der Waals surface area contributed by atoms with Crippen LogP contribution in [0.2, 0.25) is 0 Å². The highest BCUT2D eigenvalue weighted by Crippen LogP contribution is 2.31. The van der Waals surface area contributed by atoms with Crippen LogP contribution < -0.4 is 0 Å². The van der Waals surface area contributed by atoms with Crippen molar-refractivity contribution < 1.29 is 19.4 Å². The smallest absolute Gasteiger partial charge is 0.306 e. The van der Waals surface area contributed by atoms with E-state index < -0.39 is 6.10 Å². The van der Waals surface area contributed by atoms with Crippen molar-refractivity contribution in [3.63, 3.8) is 0 Å². The normalized spacial score (nSPS) is 19.8. The monoisotopic (exact) mass is 598 g/mol. The highest BCUT2D eigenvalue weighted by Gasteiger charge is 2.40. The number of allylic oxidation sites excluding steroid dienone is 9. The summed E-state index contributed by atoms with van der Waals surface area (Å²) in [6.07, 6.45) is 41.3. The van der Waals surface area contributed by atoms with Gasteiger partial charge in [0.1, 0.15) is 6.10 Å². The lowest BCUT2D eigenvalue weighted by Gasteiger charge is -2.20. The van der Waals surface area contributed by atoms with Gasteiger partial charge in [-0.05, 0) is 70.6 Å². The molecule has 0 spiro atoms. The Bertz CT molecular complexity index is 780. The van der Waals surface area contributed by atoms with Crippen LogP contribution in [0.25, 0.3) is 0 Å². The molecular weight excluding hydrogens is 532 g/mol. The fourth-order valence-corrected chi connectivity index (χ4v) is 5.48. The van der Waals surface area contributed by atoms with Crippen LogP contribution in [0.15, 0.2) is 61.3 Å². The predicted octanol–water partition coefficient (Wildman–Crippen LogP) is 11.1. The minimum Gasteiger partial charge on any atom is -0.459 e. The summed E-state index contributed by atoms with van der Waals surface area (Å²) in [5, 5.41) is 10.8. The fourth-order valence-electron chi connectivity index (χ4n) is 5.48. The Morgan fingerprint density at radius 1 is 0.767 bits per heavy atom. The summed E-state index contributed by atoms with van der Waals surface area (Å²) < 4.78 is 12.2. The van der Waals surface area contributed by atoms with E-state index in [1.807, 2.05) is 6.08 Å². The molecule has 0 unspecified atom stereocenters. The zero-order valence-electron chi connectivity index (χ0n) is 27.9. The lowest BCUT2D eigenvalue weighted by atomic mass is 10.00. The topological polar surface area (TPSA) is 55.8 Å². The van der Waals surface area contributed by atoms with Crippen LogP contribution >= 0.6 is 0 Å². The van der Waals surface area contributed by atoms with Crippen LogP contribution in [-0.4, -0.2) is 35.5 Å². The Balaban J connectivity index is 2.25.